The topological polar surface area (TPSA) is 52.0 Å². The predicted octanol–water partition coefficient (Wildman–Crippen LogP) is 3.20. The molecule has 1 aromatic heterocycles. The second kappa shape index (κ2) is 6.58. The number of aryl methyl sites for hydroxylation is 1. The van der Waals surface area contributed by atoms with Crippen LogP contribution in [-0.2, 0) is 27.9 Å². The van der Waals surface area contributed by atoms with Crippen molar-refractivity contribution < 1.29 is 12.8 Å². The molecule has 0 atom stereocenters. The van der Waals surface area contributed by atoms with Crippen LogP contribution in [0.2, 0.25) is 5.02 Å². The Kier molecular flexibility index (Phi) is 5.00. The smallest absolute Gasteiger partial charge is 0.160 e. The number of nitrogens with zero attached hydrogens (tertiary/aromatic N) is 2. The average Bonchev–Trinajstić information content (AvgIpc) is 2.81. The fourth-order valence-corrected chi connectivity index (χ4v) is 3.75. The van der Waals surface area contributed by atoms with Crippen molar-refractivity contribution in [3.8, 4) is 0 Å². The van der Waals surface area contributed by atoms with E-state index in [-0.39, 0.29) is 16.3 Å². The number of benzene rings is 1. The van der Waals surface area contributed by atoms with Crippen LogP contribution in [0.4, 0.5) is 4.39 Å². The molecule has 1 aromatic carbocycles. The Balaban J connectivity index is 2.15. The van der Waals surface area contributed by atoms with Gasteiger partial charge in [-0.2, -0.15) is 5.10 Å². The van der Waals surface area contributed by atoms with Crippen LogP contribution in [0, 0.1) is 5.82 Å². The number of aromatic nitrogens is 2. The standard InChI is InChI=1S/C14H16ClFN2O2S/c1-2-7-18-8-6-11(17-18)9-21(19,20)10-12-13(15)4-3-5-14(12)16/h3-6,8H,2,7,9-10H2,1H3. The van der Waals surface area contributed by atoms with E-state index in [1.807, 2.05) is 6.92 Å². The van der Waals surface area contributed by atoms with Gasteiger partial charge in [-0.15, -0.1) is 0 Å². The normalized spacial score (nSPS) is 11.8. The first-order valence-electron chi connectivity index (χ1n) is 6.57. The highest BCUT2D eigenvalue weighted by atomic mass is 35.5. The second-order valence-corrected chi connectivity index (χ2v) is 7.27. The summed E-state index contributed by atoms with van der Waals surface area (Å²) in [7, 11) is -3.53. The number of sulfone groups is 1. The van der Waals surface area contributed by atoms with Crippen LogP contribution < -0.4 is 0 Å². The van der Waals surface area contributed by atoms with Crippen molar-refractivity contribution in [3.63, 3.8) is 0 Å². The average molecular weight is 331 g/mol. The molecule has 0 radical (unpaired) electrons. The van der Waals surface area contributed by atoms with Crippen molar-refractivity contribution in [2.24, 2.45) is 0 Å². The zero-order chi connectivity index (χ0) is 15.5. The minimum atomic E-state index is -3.53. The van der Waals surface area contributed by atoms with E-state index in [1.165, 1.54) is 18.2 Å². The van der Waals surface area contributed by atoms with E-state index in [0.717, 1.165) is 13.0 Å². The van der Waals surface area contributed by atoms with Gasteiger partial charge in [0.1, 0.15) is 5.82 Å². The maximum Gasteiger partial charge on any atom is 0.160 e. The van der Waals surface area contributed by atoms with Crippen molar-refractivity contribution in [1.82, 2.24) is 9.78 Å². The quantitative estimate of drug-likeness (QED) is 0.817. The van der Waals surface area contributed by atoms with Crippen LogP contribution in [0.1, 0.15) is 24.6 Å². The van der Waals surface area contributed by atoms with Crippen molar-refractivity contribution >= 4 is 21.4 Å². The lowest BCUT2D eigenvalue weighted by Gasteiger charge is -2.06. The highest BCUT2D eigenvalue weighted by molar-refractivity contribution is 7.89. The largest absolute Gasteiger partial charge is 0.272 e. The molecular formula is C14H16ClFN2O2S. The van der Waals surface area contributed by atoms with Gasteiger partial charge in [0, 0.05) is 23.3 Å². The van der Waals surface area contributed by atoms with E-state index in [1.54, 1.807) is 16.9 Å². The predicted molar refractivity (Wildman–Crippen MR) is 80.3 cm³/mol. The molecule has 0 saturated heterocycles. The number of rotatable bonds is 6. The maximum absolute atomic E-state index is 13.7. The van der Waals surface area contributed by atoms with E-state index in [4.69, 9.17) is 11.6 Å². The molecule has 0 amide bonds. The molecule has 0 aliphatic heterocycles. The summed E-state index contributed by atoms with van der Waals surface area (Å²) in [5.41, 5.74) is 0.461. The van der Waals surface area contributed by atoms with Crippen LogP contribution in [0.25, 0.3) is 0 Å². The van der Waals surface area contributed by atoms with Crippen LogP contribution >= 0.6 is 11.6 Å². The van der Waals surface area contributed by atoms with Gasteiger partial charge in [0.2, 0.25) is 0 Å². The van der Waals surface area contributed by atoms with Crippen molar-refractivity contribution in [3.05, 3.63) is 52.6 Å². The summed E-state index contributed by atoms with van der Waals surface area (Å²) in [4.78, 5) is 0. The molecule has 114 valence electrons. The van der Waals surface area contributed by atoms with Crippen molar-refractivity contribution in [1.29, 1.82) is 0 Å². The summed E-state index contributed by atoms with van der Waals surface area (Å²) < 4.78 is 39.7. The van der Waals surface area contributed by atoms with Gasteiger partial charge in [-0.25, -0.2) is 12.8 Å². The Morgan fingerprint density at radius 3 is 2.71 bits per heavy atom. The fourth-order valence-electron chi connectivity index (χ4n) is 2.00. The third-order valence-electron chi connectivity index (χ3n) is 2.94. The summed E-state index contributed by atoms with van der Waals surface area (Å²) in [5.74, 6) is -1.27. The van der Waals surface area contributed by atoms with E-state index in [9.17, 15) is 12.8 Å². The first-order chi connectivity index (χ1) is 9.91. The lowest BCUT2D eigenvalue weighted by Crippen LogP contribution is -2.10. The molecule has 2 rings (SSSR count). The van der Waals surface area contributed by atoms with Gasteiger partial charge in [-0.3, -0.25) is 4.68 Å². The van der Waals surface area contributed by atoms with Crippen LogP contribution in [-0.4, -0.2) is 18.2 Å². The lowest BCUT2D eigenvalue weighted by molar-refractivity contribution is 0.580. The van der Waals surface area contributed by atoms with Crippen LogP contribution in [0.3, 0.4) is 0 Å². The Morgan fingerprint density at radius 1 is 1.29 bits per heavy atom. The third-order valence-corrected chi connectivity index (χ3v) is 4.76. The first kappa shape index (κ1) is 16.0. The Labute approximate surface area is 128 Å². The Hall–Kier alpha value is -1.40. The van der Waals surface area contributed by atoms with E-state index in [0.29, 0.717) is 5.69 Å². The zero-order valence-electron chi connectivity index (χ0n) is 11.6. The highest BCUT2D eigenvalue weighted by Crippen LogP contribution is 2.22. The van der Waals surface area contributed by atoms with Gasteiger partial charge in [-0.05, 0) is 24.6 Å². The maximum atomic E-state index is 13.7. The molecule has 0 fully saturated rings. The Bertz CT molecular complexity index is 708. The molecular weight excluding hydrogens is 315 g/mol. The third kappa shape index (κ3) is 4.28. The number of hydrogen-bond donors (Lipinski definition) is 0. The molecule has 0 bridgehead atoms. The number of hydrogen-bond acceptors (Lipinski definition) is 3. The van der Waals surface area contributed by atoms with Gasteiger partial charge in [0.05, 0.1) is 17.2 Å². The monoisotopic (exact) mass is 330 g/mol. The Morgan fingerprint density at radius 2 is 2.05 bits per heavy atom. The van der Waals surface area contributed by atoms with Gasteiger partial charge in [0.15, 0.2) is 9.84 Å². The summed E-state index contributed by atoms with van der Waals surface area (Å²) >= 11 is 5.86. The second-order valence-electron chi connectivity index (χ2n) is 4.80. The molecule has 1 heterocycles. The molecule has 2 aromatic rings. The molecule has 0 saturated carbocycles. The van der Waals surface area contributed by atoms with Gasteiger partial charge < -0.3 is 0 Å². The zero-order valence-corrected chi connectivity index (χ0v) is 13.2. The summed E-state index contributed by atoms with van der Waals surface area (Å²) in [6.07, 6.45) is 2.66. The molecule has 0 unspecified atom stereocenters. The minimum Gasteiger partial charge on any atom is -0.272 e. The van der Waals surface area contributed by atoms with Crippen LogP contribution in [0.15, 0.2) is 30.5 Å². The first-order valence-corrected chi connectivity index (χ1v) is 8.77. The van der Waals surface area contributed by atoms with Crippen molar-refractivity contribution in [2.45, 2.75) is 31.4 Å². The molecule has 4 nitrogen and oxygen atoms in total. The minimum absolute atomic E-state index is 0.00663. The summed E-state index contributed by atoms with van der Waals surface area (Å²) in [6.45, 7) is 2.75. The molecule has 0 aliphatic rings. The van der Waals surface area contributed by atoms with Gasteiger partial charge in [-0.1, -0.05) is 24.6 Å². The SMILES string of the molecule is CCCn1ccc(CS(=O)(=O)Cc2c(F)cccc2Cl)n1. The fraction of sp³-hybridized carbons (Fsp3) is 0.357. The van der Waals surface area contributed by atoms with E-state index in [2.05, 4.69) is 5.10 Å². The van der Waals surface area contributed by atoms with Crippen molar-refractivity contribution in [2.75, 3.05) is 0 Å². The highest BCUT2D eigenvalue weighted by Gasteiger charge is 2.19. The molecule has 21 heavy (non-hydrogen) atoms. The summed E-state index contributed by atoms with van der Waals surface area (Å²) in [5, 5.41) is 4.30. The summed E-state index contributed by atoms with van der Waals surface area (Å²) in [6, 6.07) is 5.79. The molecule has 0 aliphatic carbocycles. The van der Waals surface area contributed by atoms with Gasteiger partial charge in [0.25, 0.3) is 0 Å². The van der Waals surface area contributed by atoms with Crippen LogP contribution in [0.5, 0.6) is 0 Å². The molecule has 0 N–H and O–H groups in total. The molecule has 7 heteroatoms. The molecule has 0 spiro atoms. The van der Waals surface area contributed by atoms with E-state index >= 15 is 0 Å². The van der Waals surface area contributed by atoms with E-state index < -0.39 is 21.4 Å². The lowest BCUT2D eigenvalue weighted by atomic mass is 10.2. The number of halogens is 2. The van der Waals surface area contributed by atoms with Gasteiger partial charge >= 0.3 is 0 Å².